The molecule has 1 rings (SSSR count). The molecule has 0 aliphatic carbocycles. The maximum atomic E-state index is 11.5. The van der Waals surface area contributed by atoms with Crippen molar-refractivity contribution in [2.45, 2.75) is 32.4 Å². The van der Waals surface area contributed by atoms with Gasteiger partial charge in [0, 0.05) is 4.88 Å². The number of alkyl carbamates (subject to hydrolysis) is 1. The maximum absolute atomic E-state index is 11.5. The third kappa shape index (κ3) is 4.20. The first-order valence-corrected chi connectivity index (χ1v) is 5.94. The van der Waals surface area contributed by atoms with Crippen LogP contribution in [0.1, 0.15) is 31.7 Å². The van der Waals surface area contributed by atoms with Gasteiger partial charge in [0.25, 0.3) is 0 Å². The van der Waals surface area contributed by atoms with Crippen molar-refractivity contribution in [2.24, 2.45) is 0 Å². The van der Waals surface area contributed by atoms with E-state index in [4.69, 9.17) is 4.74 Å². The average molecular weight is 243 g/mol. The highest BCUT2D eigenvalue weighted by atomic mass is 32.1. The van der Waals surface area contributed by atoms with Crippen LogP contribution in [0.15, 0.2) is 17.5 Å². The minimum absolute atomic E-state index is 0.139. The molecule has 4 nitrogen and oxygen atoms in total. The number of rotatable bonds is 3. The van der Waals surface area contributed by atoms with Gasteiger partial charge >= 0.3 is 6.09 Å². The van der Waals surface area contributed by atoms with Crippen LogP contribution >= 0.6 is 11.3 Å². The van der Waals surface area contributed by atoms with Crippen molar-refractivity contribution in [1.29, 1.82) is 0 Å². The zero-order chi connectivity index (χ0) is 12.2. The highest BCUT2D eigenvalue weighted by Gasteiger charge is 2.20. The zero-order valence-electron chi connectivity index (χ0n) is 9.69. The summed E-state index contributed by atoms with van der Waals surface area (Å²) in [6.07, 6.45) is -0.514. The smallest absolute Gasteiger partial charge is 0.408 e. The summed E-state index contributed by atoms with van der Waals surface area (Å²) in [5, 5.41) is 13.7. The molecule has 0 unspecified atom stereocenters. The summed E-state index contributed by atoms with van der Waals surface area (Å²) >= 11 is 1.49. The summed E-state index contributed by atoms with van der Waals surface area (Å²) in [6.45, 7) is 5.25. The largest absolute Gasteiger partial charge is 0.444 e. The van der Waals surface area contributed by atoms with Crippen LogP contribution in [-0.2, 0) is 4.74 Å². The van der Waals surface area contributed by atoms with E-state index in [0.717, 1.165) is 4.88 Å². The topological polar surface area (TPSA) is 58.6 Å². The molecule has 0 radical (unpaired) electrons. The Bertz CT molecular complexity index is 329. The molecule has 90 valence electrons. The van der Waals surface area contributed by atoms with Gasteiger partial charge in [-0.1, -0.05) is 6.07 Å². The number of aliphatic hydroxyl groups excluding tert-OH is 1. The lowest BCUT2D eigenvalue weighted by Gasteiger charge is -2.22. The molecule has 0 aliphatic rings. The third-order valence-electron chi connectivity index (χ3n) is 1.76. The number of amides is 1. The molecule has 5 heteroatoms. The number of thiophene rings is 1. The van der Waals surface area contributed by atoms with Gasteiger partial charge in [-0.05, 0) is 32.2 Å². The van der Waals surface area contributed by atoms with E-state index in [-0.39, 0.29) is 6.61 Å². The quantitative estimate of drug-likeness (QED) is 0.856. The van der Waals surface area contributed by atoms with Crippen LogP contribution in [0, 0.1) is 0 Å². The van der Waals surface area contributed by atoms with Gasteiger partial charge in [-0.3, -0.25) is 0 Å². The SMILES string of the molecule is CC(C)(C)OC(=O)N[C@@H](CO)c1cccs1. The second kappa shape index (κ2) is 5.32. The standard InChI is InChI=1S/C11H17NO3S/c1-11(2,3)15-10(14)12-8(7-13)9-5-4-6-16-9/h4-6,8,13H,7H2,1-3H3,(H,12,14)/t8-/m0/s1. The lowest BCUT2D eigenvalue weighted by Crippen LogP contribution is -2.35. The molecule has 2 N–H and O–H groups in total. The van der Waals surface area contributed by atoms with Crippen molar-refractivity contribution in [3.05, 3.63) is 22.4 Å². The minimum atomic E-state index is -0.528. The molecule has 1 heterocycles. The molecule has 0 fully saturated rings. The van der Waals surface area contributed by atoms with Crippen LogP contribution in [0.25, 0.3) is 0 Å². The fourth-order valence-corrected chi connectivity index (χ4v) is 1.92. The fourth-order valence-electron chi connectivity index (χ4n) is 1.15. The first-order chi connectivity index (χ1) is 7.42. The van der Waals surface area contributed by atoms with E-state index >= 15 is 0 Å². The Hall–Kier alpha value is -1.07. The molecule has 0 spiro atoms. The van der Waals surface area contributed by atoms with Crippen molar-refractivity contribution in [1.82, 2.24) is 5.32 Å². The van der Waals surface area contributed by atoms with Gasteiger partial charge in [-0.2, -0.15) is 0 Å². The molecule has 0 aromatic carbocycles. The molecule has 0 saturated carbocycles. The molecular formula is C11H17NO3S. The van der Waals surface area contributed by atoms with Crippen LogP contribution in [-0.4, -0.2) is 23.4 Å². The Morgan fingerprint density at radius 1 is 1.62 bits per heavy atom. The number of hydrogen-bond acceptors (Lipinski definition) is 4. The third-order valence-corrected chi connectivity index (χ3v) is 2.75. The fraction of sp³-hybridized carbons (Fsp3) is 0.545. The van der Waals surface area contributed by atoms with Crippen molar-refractivity contribution in [2.75, 3.05) is 6.61 Å². The first-order valence-electron chi connectivity index (χ1n) is 5.06. The predicted molar refractivity (Wildman–Crippen MR) is 63.5 cm³/mol. The minimum Gasteiger partial charge on any atom is -0.444 e. The number of hydrogen-bond donors (Lipinski definition) is 2. The Labute approximate surface area is 99.2 Å². The lowest BCUT2D eigenvalue weighted by atomic mass is 10.2. The van der Waals surface area contributed by atoms with E-state index in [0.29, 0.717) is 0 Å². The lowest BCUT2D eigenvalue weighted by molar-refractivity contribution is 0.0483. The second-order valence-electron chi connectivity index (χ2n) is 4.40. The normalized spacial score (nSPS) is 13.2. The monoisotopic (exact) mass is 243 g/mol. The van der Waals surface area contributed by atoms with Crippen LogP contribution in [0.3, 0.4) is 0 Å². The highest BCUT2D eigenvalue weighted by Crippen LogP contribution is 2.19. The van der Waals surface area contributed by atoms with Gasteiger partial charge in [0.05, 0.1) is 12.6 Å². The van der Waals surface area contributed by atoms with Crippen molar-refractivity contribution in [3.63, 3.8) is 0 Å². The summed E-state index contributed by atoms with van der Waals surface area (Å²) in [5.41, 5.74) is -0.528. The molecule has 0 bridgehead atoms. The van der Waals surface area contributed by atoms with E-state index in [2.05, 4.69) is 5.32 Å². The maximum Gasteiger partial charge on any atom is 0.408 e. The molecule has 1 atom stereocenters. The van der Waals surface area contributed by atoms with Gasteiger partial charge in [0.1, 0.15) is 5.60 Å². The van der Waals surface area contributed by atoms with Crippen LogP contribution < -0.4 is 5.32 Å². The van der Waals surface area contributed by atoms with Gasteiger partial charge in [-0.15, -0.1) is 11.3 Å². The summed E-state index contributed by atoms with van der Waals surface area (Å²) < 4.78 is 5.11. The van der Waals surface area contributed by atoms with E-state index in [9.17, 15) is 9.90 Å². The highest BCUT2D eigenvalue weighted by molar-refractivity contribution is 7.10. The summed E-state index contributed by atoms with van der Waals surface area (Å²) in [4.78, 5) is 12.4. The Balaban J connectivity index is 2.55. The molecule has 0 saturated heterocycles. The van der Waals surface area contributed by atoms with Gasteiger partial charge in [-0.25, -0.2) is 4.79 Å². The van der Waals surface area contributed by atoms with Crippen LogP contribution in [0.2, 0.25) is 0 Å². The first kappa shape index (κ1) is 13.0. The van der Waals surface area contributed by atoms with Crippen molar-refractivity contribution >= 4 is 17.4 Å². The van der Waals surface area contributed by atoms with Gasteiger partial charge in [0.15, 0.2) is 0 Å². The number of aliphatic hydroxyl groups is 1. The average Bonchev–Trinajstić information content (AvgIpc) is 2.63. The van der Waals surface area contributed by atoms with Gasteiger partial charge < -0.3 is 15.2 Å². The Kier molecular flexibility index (Phi) is 4.32. The van der Waals surface area contributed by atoms with Crippen LogP contribution in [0.5, 0.6) is 0 Å². The summed E-state index contributed by atoms with van der Waals surface area (Å²) in [6, 6.07) is 3.34. The molecular weight excluding hydrogens is 226 g/mol. The van der Waals surface area contributed by atoms with Crippen molar-refractivity contribution in [3.8, 4) is 0 Å². The van der Waals surface area contributed by atoms with Gasteiger partial charge in [0.2, 0.25) is 0 Å². The number of ether oxygens (including phenoxy) is 1. The number of carbonyl (C=O) groups is 1. The molecule has 16 heavy (non-hydrogen) atoms. The van der Waals surface area contributed by atoms with E-state index < -0.39 is 17.7 Å². The molecule has 1 aromatic heterocycles. The Morgan fingerprint density at radius 3 is 2.75 bits per heavy atom. The molecule has 0 aliphatic heterocycles. The predicted octanol–water partition coefficient (Wildman–Crippen LogP) is 2.31. The molecule has 1 amide bonds. The van der Waals surface area contributed by atoms with Crippen molar-refractivity contribution < 1.29 is 14.6 Å². The summed E-state index contributed by atoms with van der Waals surface area (Å²) in [7, 11) is 0. The van der Waals surface area contributed by atoms with E-state index in [1.165, 1.54) is 11.3 Å². The Morgan fingerprint density at radius 2 is 2.31 bits per heavy atom. The molecule has 1 aromatic rings. The zero-order valence-corrected chi connectivity index (χ0v) is 10.5. The van der Waals surface area contributed by atoms with E-state index in [1.807, 2.05) is 17.5 Å². The van der Waals surface area contributed by atoms with Crippen LogP contribution in [0.4, 0.5) is 4.79 Å². The second-order valence-corrected chi connectivity index (χ2v) is 5.38. The summed E-state index contributed by atoms with van der Waals surface area (Å²) in [5.74, 6) is 0. The number of nitrogens with one attached hydrogen (secondary N) is 1. The number of carbonyl (C=O) groups excluding carboxylic acids is 1. The van der Waals surface area contributed by atoms with E-state index in [1.54, 1.807) is 20.8 Å².